The Morgan fingerprint density at radius 1 is 0.622 bits per heavy atom. The number of aryl methyl sites for hydroxylation is 2. The first-order valence-corrected chi connectivity index (χ1v) is 14.1. The van der Waals surface area contributed by atoms with Crippen LogP contribution < -0.4 is 4.31 Å². The van der Waals surface area contributed by atoms with Crippen LogP contribution in [0.1, 0.15) is 38.2 Å². The van der Waals surface area contributed by atoms with E-state index in [0.717, 1.165) is 27.8 Å². The van der Waals surface area contributed by atoms with E-state index in [9.17, 15) is 13.2 Å². The molecule has 4 aromatic carbocycles. The number of benzene rings is 4. The maximum atomic E-state index is 13.6. The average Bonchev–Trinajstić information content (AvgIpc) is 2.88. The number of sulfonamides is 1. The summed E-state index contributed by atoms with van der Waals surface area (Å²) in [7, 11) is -3.51. The summed E-state index contributed by atoms with van der Waals surface area (Å²) in [5.74, 6) is -0.0750. The first-order valence-electron chi connectivity index (χ1n) is 12.2. The molecule has 0 atom stereocenters. The highest BCUT2D eigenvalue weighted by atomic mass is 32.2. The zero-order valence-electron chi connectivity index (χ0n) is 21.5. The van der Waals surface area contributed by atoms with Gasteiger partial charge in [0.2, 0.25) is 10.0 Å². The molecule has 0 heterocycles. The van der Waals surface area contributed by atoms with Gasteiger partial charge in [-0.3, -0.25) is 9.10 Å². The molecule has 37 heavy (non-hydrogen) atoms. The van der Waals surface area contributed by atoms with Crippen molar-refractivity contribution in [2.45, 2.75) is 33.5 Å². The number of carbonyl (C=O) groups is 1. The summed E-state index contributed by atoms with van der Waals surface area (Å²) in [6, 6.07) is 32.9. The Balaban J connectivity index is 1.58. The van der Waals surface area contributed by atoms with E-state index < -0.39 is 10.0 Å². The van der Waals surface area contributed by atoms with Crippen LogP contribution in [0.2, 0.25) is 0 Å². The number of hydrogen-bond donors (Lipinski definition) is 0. The largest absolute Gasteiger partial charge is 0.330 e. The third-order valence-electron chi connectivity index (χ3n) is 6.34. The van der Waals surface area contributed by atoms with Gasteiger partial charge in [-0.2, -0.15) is 0 Å². The molecule has 4 rings (SSSR count). The Morgan fingerprint density at radius 3 is 1.54 bits per heavy atom. The summed E-state index contributed by atoms with van der Waals surface area (Å²) in [6.45, 7) is 5.00. The van der Waals surface area contributed by atoms with Crippen molar-refractivity contribution in [3.05, 3.63) is 137 Å². The SMILES string of the molecule is Cc1cccc(C)c1N(Cc1ccc(C(=O)N(Cc2ccccc2)Cc2ccccc2)cc1)S(C)(=O)=O. The fraction of sp³-hybridized carbons (Fsp3) is 0.194. The molecule has 0 saturated heterocycles. The van der Waals surface area contributed by atoms with Crippen LogP contribution in [-0.2, 0) is 29.7 Å². The van der Waals surface area contributed by atoms with E-state index in [2.05, 4.69) is 0 Å². The summed E-state index contributed by atoms with van der Waals surface area (Å²) in [5, 5.41) is 0. The first-order chi connectivity index (χ1) is 17.7. The van der Waals surface area contributed by atoms with E-state index in [1.54, 1.807) is 12.1 Å². The lowest BCUT2D eigenvalue weighted by Crippen LogP contribution is -2.31. The smallest absolute Gasteiger partial charge is 0.254 e. The summed E-state index contributed by atoms with van der Waals surface area (Å²) in [5.41, 5.74) is 5.98. The highest BCUT2D eigenvalue weighted by molar-refractivity contribution is 7.92. The zero-order chi connectivity index (χ0) is 26.4. The maximum absolute atomic E-state index is 13.6. The third-order valence-corrected chi connectivity index (χ3v) is 7.45. The van der Waals surface area contributed by atoms with Gasteiger partial charge < -0.3 is 4.90 Å². The van der Waals surface area contributed by atoms with Crippen LogP contribution in [0.25, 0.3) is 0 Å². The van der Waals surface area contributed by atoms with Gasteiger partial charge in [-0.1, -0.05) is 91.0 Å². The number of carbonyl (C=O) groups excluding carboxylic acids is 1. The van der Waals surface area contributed by atoms with Gasteiger partial charge in [0.15, 0.2) is 0 Å². The Labute approximate surface area is 220 Å². The molecule has 0 N–H and O–H groups in total. The molecule has 0 aliphatic rings. The van der Waals surface area contributed by atoms with Gasteiger partial charge in [-0.05, 0) is 53.8 Å². The topological polar surface area (TPSA) is 57.7 Å². The van der Waals surface area contributed by atoms with E-state index in [4.69, 9.17) is 0 Å². The first kappa shape index (κ1) is 26.2. The monoisotopic (exact) mass is 512 g/mol. The van der Waals surface area contributed by atoms with Gasteiger partial charge in [-0.15, -0.1) is 0 Å². The lowest BCUT2D eigenvalue weighted by Gasteiger charge is -2.26. The van der Waals surface area contributed by atoms with Gasteiger partial charge in [0.25, 0.3) is 5.91 Å². The molecule has 0 saturated carbocycles. The van der Waals surface area contributed by atoms with E-state index in [0.29, 0.717) is 24.3 Å². The molecule has 1 amide bonds. The second-order valence-corrected chi connectivity index (χ2v) is 11.2. The van der Waals surface area contributed by atoms with Gasteiger partial charge in [0.05, 0.1) is 18.5 Å². The second kappa shape index (κ2) is 11.4. The fourth-order valence-corrected chi connectivity index (χ4v) is 5.47. The van der Waals surface area contributed by atoms with E-state index in [-0.39, 0.29) is 12.5 Å². The summed E-state index contributed by atoms with van der Waals surface area (Å²) < 4.78 is 26.9. The van der Waals surface area contributed by atoms with Crippen LogP contribution >= 0.6 is 0 Å². The van der Waals surface area contributed by atoms with Crippen molar-refractivity contribution in [1.29, 1.82) is 0 Å². The molecular weight excluding hydrogens is 480 g/mol. The standard InChI is InChI=1S/C31H32N2O3S/c1-24-11-10-12-25(2)30(24)33(37(3,35)36)23-28-17-19-29(20-18-28)31(34)32(21-26-13-6-4-7-14-26)22-27-15-8-5-9-16-27/h4-20H,21-23H2,1-3H3. The minimum Gasteiger partial charge on any atom is -0.330 e. The molecule has 4 aromatic rings. The van der Waals surface area contributed by atoms with Crippen LogP contribution in [0.15, 0.2) is 103 Å². The molecule has 0 aromatic heterocycles. The minimum absolute atomic E-state index is 0.0750. The Kier molecular flexibility index (Phi) is 8.09. The van der Waals surface area contributed by atoms with Crippen LogP contribution in [0.4, 0.5) is 5.69 Å². The predicted molar refractivity (Wildman–Crippen MR) is 150 cm³/mol. The molecule has 0 unspecified atom stereocenters. The fourth-order valence-electron chi connectivity index (χ4n) is 4.47. The van der Waals surface area contributed by atoms with Crippen molar-refractivity contribution in [3.8, 4) is 0 Å². The zero-order valence-corrected chi connectivity index (χ0v) is 22.3. The van der Waals surface area contributed by atoms with Crippen molar-refractivity contribution >= 4 is 21.6 Å². The number of amides is 1. The maximum Gasteiger partial charge on any atom is 0.254 e. The van der Waals surface area contributed by atoms with Gasteiger partial charge >= 0.3 is 0 Å². The number of anilines is 1. The van der Waals surface area contributed by atoms with Crippen LogP contribution in [0.5, 0.6) is 0 Å². The van der Waals surface area contributed by atoms with Crippen LogP contribution in [-0.4, -0.2) is 25.5 Å². The molecule has 190 valence electrons. The quantitative estimate of drug-likeness (QED) is 0.272. The molecule has 6 heteroatoms. The van der Waals surface area contributed by atoms with Crippen molar-refractivity contribution in [2.75, 3.05) is 10.6 Å². The Hall–Kier alpha value is -3.90. The number of rotatable bonds is 9. The summed E-state index contributed by atoms with van der Waals surface area (Å²) in [4.78, 5) is 15.4. The molecule has 0 fully saturated rings. The molecule has 5 nitrogen and oxygen atoms in total. The minimum atomic E-state index is -3.51. The van der Waals surface area contributed by atoms with Gasteiger partial charge in [0.1, 0.15) is 0 Å². The van der Waals surface area contributed by atoms with Crippen molar-refractivity contribution < 1.29 is 13.2 Å². The predicted octanol–water partition coefficient (Wildman–Crippen LogP) is 6.11. The van der Waals surface area contributed by atoms with Crippen molar-refractivity contribution in [1.82, 2.24) is 4.90 Å². The molecular formula is C31H32N2O3S. The van der Waals surface area contributed by atoms with E-state index in [1.807, 2.05) is 110 Å². The second-order valence-electron chi connectivity index (χ2n) is 9.34. The third kappa shape index (κ3) is 6.66. The Morgan fingerprint density at radius 2 is 1.08 bits per heavy atom. The molecule has 0 aliphatic heterocycles. The highest BCUT2D eigenvalue weighted by Gasteiger charge is 2.22. The normalized spacial score (nSPS) is 11.2. The number of hydrogen-bond acceptors (Lipinski definition) is 3. The molecule has 0 radical (unpaired) electrons. The van der Waals surface area contributed by atoms with Gasteiger partial charge in [0, 0.05) is 18.7 Å². The van der Waals surface area contributed by atoms with E-state index in [1.165, 1.54) is 10.6 Å². The Bertz CT molecular complexity index is 1390. The molecule has 0 bridgehead atoms. The van der Waals surface area contributed by atoms with Crippen LogP contribution in [0, 0.1) is 13.8 Å². The van der Waals surface area contributed by atoms with Crippen molar-refractivity contribution in [2.24, 2.45) is 0 Å². The van der Waals surface area contributed by atoms with Gasteiger partial charge in [-0.25, -0.2) is 8.42 Å². The van der Waals surface area contributed by atoms with E-state index >= 15 is 0 Å². The molecule has 0 aliphatic carbocycles. The van der Waals surface area contributed by atoms with Crippen molar-refractivity contribution in [3.63, 3.8) is 0 Å². The average molecular weight is 513 g/mol. The summed E-state index contributed by atoms with van der Waals surface area (Å²) in [6.07, 6.45) is 1.22. The highest BCUT2D eigenvalue weighted by Crippen LogP contribution is 2.28. The number of nitrogens with zero attached hydrogens (tertiary/aromatic N) is 2. The van der Waals surface area contributed by atoms with Crippen LogP contribution in [0.3, 0.4) is 0 Å². The lowest BCUT2D eigenvalue weighted by molar-refractivity contribution is 0.0730. The summed E-state index contributed by atoms with van der Waals surface area (Å²) >= 11 is 0. The molecule has 0 spiro atoms. The lowest BCUT2D eigenvalue weighted by atomic mass is 10.1. The number of para-hydroxylation sites is 1.